The fourth-order valence-electron chi connectivity index (χ4n) is 2.76. The maximum Gasteiger partial charge on any atom is 0.256 e. The predicted octanol–water partition coefficient (Wildman–Crippen LogP) is 5.85. The van der Waals surface area contributed by atoms with Gasteiger partial charge < -0.3 is 10.6 Å². The number of nitrogens with one attached hydrogen (secondary N) is 2. The summed E-state index contributed by atoms with van der Waals surface area (Å²) in [5.41, 5.74) is 2.22. The molecule has 6 heteroatoms. The normalized spacial score (nSPS) is 11.5. The number of hydrogen-bond acceptors (Lipinski definition) is 2. The van der Waals surface area contributed by atoms with Gasteiger partial charge in [0, 0.05) is 9.50 Å². The van der Waals surface area contributed by atoms with E-state index in [2.05, 4.69) is 26.6 Å². The van der Waals surface area contributed by atoms with E-state index in [-0.39, 0.29) is 17.9 Å². The van der Waals surface area contributed by atoms with Crippen LogP contribution < -0.4 is 10.6 Å². The largest absolute Gasteiger partial charge is 0.345 e. The molecule has 2 N–H and O–H groups in total. The van der Waals surface area contributed by atoms with Crippen LogP contribution in [0.15, 0.2) is 77.3 Å². The van der Waals surface area contributed by atoms with Gasteiger partial charge in [-0.1, -0.05) is 48.0 Å². The van der Waals surface area contributed by atoms with Crippen LogP contribution in [0.25, 0.3) is 0 Å². The van der Waals surface area contributed by atoms with E-state index in [1.165, 1.54) is 0 Å². The third-order valence-electron chi connectivity index (χ3n) is 4.23. The molecule has 0 radical (unpaired) electrons. The first kappa shape index (κ1) is 20.1. The van der Waals surface area contributed by atoms with Crippen LogP contribution in [-0.4, -0.2) is 11.8 Å². The van der Waals surface area contributed by atoms with Gasteiger partial charge in [-0.15, -0.1) is 0 Å². The highest BCUT2D eigenvalue weighted by Crippen LogP contribution is 2.22. The zero-order chi connectivity index (χ0) is 20.1. The van der Waals surface area contributed by atoms with E-state index in [4.69, 9.17) is 11.6 Å². The van der Waals surface area contributed by atoms with Crippen molar-refractivity contribution in [1.82, 2.24) is 5.32 Å². The summed E-state index contributed by atoms with van der Waals surface area (Å²) in [6, 6.07) is 21.1. The van der Waals surface area contributed by atoms with E-state index in [0.717, 1.165) is 5.56 Å². The first-order chi connectivity index (χ1) is 13.5. The highest BCUT2D eigenvalue weighted by Gasteiger charge is 2.17. The van der Waals surface area contributed by atoms with Gasteiger partial charge in [0.25, 0.3) is 11.8 Å². The molecule has 0 spiro atoms. The Labute approximate surface area is 177 Å². The molecule has 0 saturated heterocycles. The lowest BCUT2D eigenvalue weighted by atomic mass is 10.1. The zero-order valence-electron chi connectivity index (χ0n) is 15.1. The second-order valence-corrected chi connectivity index (χ2v) is 7.52. The second kappa shape index (κ2) is 9.04. The maximum absolute atomic E-state index is 12.8. The summed E-state index contributed by atoms with van der Waals surface area (Å²) in [6.45, 7) is 1.88. The lowest BCUT2D eigenvalue weighted by molar-refractivity contribution is 0.0941. The molecule has 0 aliphatic heterocycles. The van der Waals surface area contributed by atoms with Gasteiger partial charge >= 0.3 is 0 Å². The monoisotopic (exact) mass is 456 g/mol. The molecule has 1 unspecified atom stereocenters. The SMILES string of the molecule is CC(NC(=O)c1ccccc1NC(=O)c1ccccc1Br)c1cccc(Cl)c1. The third kappa shape index (κ3) is 4.80. The first-order valence-electron chi connectivity index (χ1n) is 8.67. The lowest BCUT2D eigenvalue weighted by Crippen LogP contribution is -2.28. The fraction of sp³-hybridized carbons (Fsp3) is 0.0909. The first-order valence-corrected chi connectivity index (χ1v) is 9.84. The molecule has 0 bridgehead atoms. The standard InChI is InChI=1S/C22H18BrClN2O2/c1-14(15-7-6-8-16(24)13-15)25-22(28)18-10-3-5-12-20(18)26-21(27)17-9-2-4-11-19(17)23/h2-14H,1H3,(H,25,28)(H,26,27). The van der Waals surface area contributed by atoms with Crippen molar-refractivity contribution in [3.05, 3.63) is 99.0 Å². The van der Waals surface area contributed by atoms with Gasteiger partial charge in [-0.2, -0.15) is 0 Å². The highest BCUT2D eigenvalue weighted by atomic mass is 79.9. The molecule has 1 atom stereocenters. The minimum Gasteiger partial charge on any atom is -0.345 e. The summed E-state index contributed by atoms with van der Waals surface area (Å²) in [5.74, 6) is -0.578. The van der Waals surface area contributed by atoms with E-state index in [0.29, 0.717) is 26.3 Å². The molecular weight excluding hydrogens is 440 g/mol. The molecule has 3 aromatic rings. The van der Waals surface area contributed by atoms with Crippen molar-refractivity contribution in [2.24, 2.45) is 0 Å². The van der Waals surface area contributed by atoms with E-state index in [1.807, 2.05) is 31.2 Å². The Bertz CT molecular complexity index is 1020. The number of anilines is 1. The fourth-order valence-corrected chi connectivity index (χ4v) is 3.42. The molecule has 2 amide bonds. The molecular formula is C22H18BrClN2O2. The topological polar surface area (TPSA) is 58.2 Å². The summed E-state index contributed by atoms with van der Waals surface area (Å²) < 4.78 is 0.684. The molecule has 0 aliphatic carbocycles. The molecule has 4 nitrogen and oxygen atoms in total. The summed E-state index contributed by atoms with van der Waals surface area (Å²) in [5, 5.41) is 6.38. The zero-order valence-corrected chi connectivity index (χ0v) is 17.4. The molecule has 142 valence electrons. The Morgan fingerprint density at radius 2 is 1.57 bits per heavy atom. The van der Waals surface area contributed by atoms with Crippen LogP contribution in [0, 0.1) is 0 Å². The molecule has 0 saturated carbocycles. The number of hydrogen-bond donors (Lipinski definition) is 2. The Balaban J connectivity index is 1.79. The van der Waals surface area contributed by atoms with Crippen molar-refractivity contribution in [3.8, 4) is 0 Å². The van der Waals surface area contributed by atoms with E-state index < -0.39 is 0 Å². The van der Waals surface area contributed by atoms with Crippen LogP contribution >= 0.6 is 27.5 Å². The van der Waals surface area contributed by atoms with E-state index in [1.54, 1.807) is 48.5 Å². The minimum atomic E-state index is -0.296. The van der Waals surface area contributed by atoms with E-state index >= 15 is 0 Å². The number of benzene rings is 3. The highest BCUT2D eigenvalue weighted by molar-refractivity contribution is 9.10. The minimum absolute atomic E-state index is 0.238. The van der Waals surface area contributed by atoms with Crippen LogP contribution in [-0.2, 0) is 0 Å². The van der Waals surface area contributed by atoms with E-state index in [9.17, 15) is 9.59 Å². The number of carbonyl (C=O) groups excluding carboxylic acids is 2. The Hall–Kier alpha value is -2.63. The molecule has 3 rings (SSSR count). The van der Waals surface area contributed by atoms with Gasteiger partial charge in [0.15, 0.2) is 0 Å². The van der Waals surface area contributed by atoms with Crippen molar-refractivity contribution >= 4 is 45.0 Å². The van der Waals surface area contributed by atoms with Gasteiger partial charge in [0.1, 0.15) is 0 Å². The predicted molar refractivity (Wildman–Crippen MR) is 116 cm³/mol. The van der Waals surface area contributed by atoms with Crippen LogP contribution in [0.1, 0.15) is 39.2 Å². The Morgan fingerprint density at radius 3 is 2.29 bits per heavy atom. The summed E-state index contributed by atoms with van der Waals surface area (Å²) >= 11 is 9.40. The number of rotatable bonds is 5. The number of carbonyl (C=O) groups is 2. The van der Waals surface area contributed by atoms with Gasteiger partial charge in [-0.25, -0.2) is 0 Å². The Kier molecular flexibility index (Phi) is 6.49. The molecule has 3 aromatic carbocycles. The number of halogens is 2. The quantitative estimate of drug-likeness (QED) is 0.505. The summed E-state index contributed by atoms with van der Waals surface area (Å²) in [7, 11) is 0. The average Bonchev–Trinajstić information content (AvgIpc) is 2.68. The summed E-state index contributed by atoms with van der Waals surface area (Å²) in [4.78, 5) is 25.4. The average molecular weight is 458 g/mol. The molecule has 0 fully saturated rings. The van der Waals surface area contributed by atoms with Crippen molar-refractivity contribution in [1.29, 1.82) is 0 Å². The Morgan fingerprint density at radius 1 is 0.893 bits per heavy atom. The van der Waals surface area contributed by atoms with Gasteiger partial charge in [0.05, 0.1) is 22.9 Å². The number of para-hydroxylation sites is 1. The van der Waals surface area contributed by atoms with Gasteiger partial charge in [-0.3, -0.25) is 9.59 Å². The molecule has 28 heavy (non-hydrogen) atoms. The lowest BCUT2D eigenvalue weighted by Gasteiger charge is -2.17. The van der Waals surface area contributed by atoms with Gasteiger partial charge in [-0.05, 0) is 64.8 Å². The van der Waals surface area contributed by atoms with Crippen LogP contribution in [0.5, 0.6) is 0 Å². The number of amides is 2. The van der Waals surface area contributed by atoms with Crippen molar-refractivity contribution in [3.63, 3.8) is 0 Å². The van der Waals surface area contributed by atoms with Crippen LogP contribution in [0.2, 0.25) is 5.02 Å². The second-order valence-electron chi connectivity index (χ2n) is 6.23. The molecule has 0 aromatic heterocycles. The molecule has 0 aliphatic rings. The third-order valence-corrected chi connectivity index (χ3v) is 5.16. The summed E-state index contributed by atoms with van der Waals surface area (Å²) in [6.07, 6.45) is 0. The van der Waals surface area contributed by atoms with Crippen LogP contribution in [0.4, 0.5) is 5.69 Å². The maximum atomic E-state index is 12.8. The van der Waals surface area contributed by atoms with Crippen LogP contribution in [0.3, 0.4) is 0 Å². The smallest absolute Gasteiger partial charge is 0.256 e. The molecule has 0 heterocycles. The van der Waals surface area contributed by atoms with Crippen molar-refractivity contribution < 1.29 is 9.59 Å². The van der Waals surface area contributed by atoms with Crippen molar-refractivity contribution in [2.75, 3.05) is 5.32 Å². The van der Waals surface area contributed by atoms with Gasteiger partial charge in [0.2, 0.25) is 0 Å². The van der Waals surface area contributed by atoms with Crippen molar-refractivity contribution in [2.45, 2.75) is 13.0 Å².